The number of aromatic nitrogens is 2. The van der Waals surface area contributed by atoms with E-state index < -0.39 is 54.9 Å². The lowest BCUT2D eigenvalue weighted by atomic mass is 10.1. The Labute approximate surface area is 338 Å². The summed E-state index contributed by atoms with van der Waals surface area (Å²) in [7, 11) is -7.38. The molecular formula is C38H32F6N6O4S4. The molecule has 0 unspecified atom stereocenters. The maximum Gasteiger partial charge on any atom is 0.243 e. The first-order valence-corrected chi connectivity index (χ1v) is 22.2. The van der Waals surface area contributed by atoms with Crippen molar-refractivity contribution in [3.05, 3.63) is 131 Å². The SMILES string of the molecule is O=S(=O)(c1ccc(F)cc1)N1CCN(c2nc(-c3cc(F)cc(F)c3)cs2)CC1.O=S(=O)(c1ccc(F)cc1)N1CCN(c2nc(-c3ccc(F)c(F)c3)cs2)CC1. The highest BCUT2D eigenvalue weighted by Gasteiger charge is 2.31. The lowest BCUT2D eigenvalue weighted by molar-refractivity contribution is 0.384. The van der Waals surface area contributed by atoms with Crippen LogP contribution in [0.2, 0.25) is 0 Å². The summed E-state index contributed by atoms with van der Waals surface area (Å²) in [5, 5.41) is 4.81. The van der Waals surface area contributed by atoms with Crippen LogP contribution in [0.4, 0.5) is 36.6 Å². The second kappa shape index (κ2) is 17.2. The standard InChI is InChI=1S/2C19H16F3N3O2S2/c20-14-2-4-15(5-3-14)29(26,27)25-9-7-24(8-10-25)19-23-18(12-28-19)13-1-6-16(21)17(22)11-13;20-14-1-3-17(4-2-14)29(26,27)25-7-5-24(6-8-25)19-23-18(12-28-19)13-9-15(21)11-16(22)10-13/h1-6,11-12H,7-10H2;1-4,9-12H,5-8H2. The molecule has 0 bridgehead atoms. The quantitative estimate of drug-likeness (QED) is 0.145. The minimum absolute atomic E-state index is 0.0528. The van der Waals surface area contributed by atoms with Crippen molar-refractivity contribution >= 4 is 53.0 Å². The molecule has 0 radical (unpaired) electrons. The molecule has 2 saturated heterocycles. The minimum Gasteiger partial charge on any atom is -0.345 e. The molecule has 2 fully saturated rings. The summed E-state index contributed by atoms with van der Waals surface area (Å²) in [6.45, 7) is 2.75. The summed E-state index contributed by atoms with van der Waals surface area (Å²) in [6, 6.07) is 16.4. The van der Waals surface area contributed by atoms with Gasteiger partial charge in [-0.1, -0.05) is 0 Å². The molecule has 2 aromatic heterocycles. The van der Waals surface area contributed by atoms with Crippen LogP contribution in [0.3, 0.4) is 0 Å². The van der Waals surface area contributed by atoms with Crippen molar-refractivity contribution in [2.24, 2.45) is 0 Å². The molecule has 304 valence electrons. The lowest BCUT2D eigenvalue weighted by Crippen LogP contribution is -2.48. The van der Waals surface area contributed by atoms with Crippen molar-refractivity contribution in [2.75, 3.05) is 62.2 Å². The van der Waals surface area contributed by atoms with Crippen LogP contribution in [0.15, 0.2) is 105 Å². The number of piperazine rings is 2. The van der Waals surface area contributed by atoms with Gasteiger partial charge in [0.1, 0.15) is 23.3 Å². The van der Waals surface area contributed by atoms with Crippen molar-refractivity contribution in [3.8, 4) is 22.5 Å². The number of sulfonamides is 2. The Kier molecular flexibility index (Phi) is 12.2. The van der Waals surface area contributed by atoms with Gasteiger partial charge in [-0.05, 0) is 78.9 Å². The molecule has 2 aliphatic rings. The third kappa shape index (κ3) is 9.21. The van der Waals surface area contributed by atoms with Crippen LogP contribution in [0, 0.1) is 34.9 Å². The normalized spacial score (nSPS) is 15.6. The molecule has 0 N–H and O–H groups in total. The Morgan fingerprint density at radius 1 is 0.448 bits per heavy atom. The lowest BCUT2D eigenvalue weighted by Gasteiger charge is -2.33. The first-order chi connectivity index (χ1) is 27.7. The van der Waals surface area contributed by atoms with Crippen molar-refractivity contribution in [1.29, 1.82) is 0 Å². The van der Waals surface area contributed by atoms with Crippen molar-refractivity contribution in [1.82, 2.24) is 18.6 Å². The van der Waals surface area contributed by atoms with Gasteiger partial charge in [0.2, 0.25) is 20.0 Å². The van der Waals surface area contributed by atoms with Crippen LogP contribution >= 0.6 is 22.7 Å². The number of nitrogens with zero attached hydrogens (tertiary/aromatic N) is 6. The predicted octanol–water partition coefficient (Wildman–Crippen LogP) is 7.48. The van der Waals surface area contributed by atoms with E-state index in [1.807, 2.05) is 9.80 Å². The van der Waals surface area contributed by atoms with Crippen LogP contribution in [0.5, 0.6) is 0 Å². The van der Waals surface area contributed by atoms with Gasteiger partial charge < -0.3 is 9.80 Å². The van der Waals surface area contributed by atoms with Crippen molar-refractivity contribution < 1.29 is 43.2 Å². The van der Waals surface area contributed by atoms with Gasteiger partial charge in [-0.3, -0.25) is 0 Å². The van der Waals surface area contributed by atoms with E-state index >= 15 is 0 Å². The number of anilines is 2. The summed E-state index contributed by atoms with van der Waals surface area (Å²) < 4.78 is 133. The maximum absolute atomic E-state index is 13.5. The third-order valence-electron chi connectivity index (χ3n) is 9.28. The van der Waals surface area contributed by atoms with Gasteiger partial charge in [-0.25, -0.2) is 53.1 Å². The predicted molar refractivity (Wildman–Crippen MR) is 210 cm³/mol. The second-order valence-electron chi connectivity index (χ2n) is 13.0. The highest BCUT2D eigenvalue weighted by atomic mass is 32.2. The Bertz CT molecular complexity index is 2590. The number of hydrogen-bond donors (Lipinski definition) is 0. The summed E-state index contributed by atoms with van der Waals surface area (Å²) in [5.41, 5.74) is 1.82. The number of halogens is 6. The average molecular weight is 879 g/mol. The van der Waals surface area contributed by atoms with Crippen molar-refractivity contribution in [2.45, 2.75) is 9.79 Å². The van der Waals surface area contributed by atoms with Gasteiger partial charge in [0, 0.05) is 80.3 Å². The average Bonchev–Trinajstić information content (AvgIpc) is 3.91. The zero-order valence-corrected chi connectivity index (χ0v) is 33.4. The van der Waals surface area contributed by atoms with E-state index in [0.717, 1.165) is 42.5 Å². The highest BCUT2D eigenvalue weighted by molar-refractivity contribution is 7.89. The van der Waals surface area contributed by atoms with E-state index in [4.69, 9.17) is 0 Å². The molecular weight excluding hydrogens is 847 g/mol. The molecule has 0 amide bonds. The number of hydrogen-bond acceptors (Lipinski definition) is 10. The van der Waals surface area contributed by atoms with Gasteiger partial charge in [0.15, 0.2) is 21.9 Å². The fourth-order valence-electron chi connectivity index (χ4n) is 6.19. The Morgan fingerprint density at radius 2 is 0.862 bits per heavy atom. The van der Waals surface area contributed by atoms with E-state index in [1.54, 1.807) is 10.8 Å². The topological polar surface area (TPSA) is 107 Å². The Balaban J connectivity index is 0.000000177. The van der Waals surface area contributed by atoms with E-state index in [9.17, 15) is 43.2 Å². The van der Waals surface area contributed by atoms with Gasteiger partial charge in [-0.2, -0.15) is 8.61 Å². The molecule has 6 aromatic rings. The number of benzene rings is 4. The molecule has 0 saturated carbocycles. The fourth-order valence-corrected chi connectivity index (χ4v) is 10.8. The van der Waals surface area contributed by atoms with Crippen LogP contribution in [-0.4, -0.2) is 87.8 Å². The summed E-state index contributed by atoms with van der Waals surface area (Å²) in [4.78, 5) is 12.9. The zero-order chi connectivity index (χ0) is 41.2. The number of rotatable bonds is 8. The molecule has 0 spiro atoms. The second-order valence-corrected chi connectivity index (χ2v) is 18.6. The van der Waals surface area contributed by atoms with Gasteiger partial charge in [0.05, 0.1) is 21.2 Å². The monoisotopic (exact) mass is 878 g/mol. The van der Waals surface area contributed by atoms with Crippen LogP contribution in [0.1, 0.15) is 0 Å². The molecule has 2 aliphatic heterocycles. The van der Waals surface area contributed by atoms with E-state index in [-0.39, 0.29) is 36.0 Å². The summed E-state index contributed by atoms with van der Waals surface area (Å²) in [5.74, 6) is -4.18. The zero-order valence-electron chi connectivity index (χ0n) is 30.1. The molecule has 4 heterocycles. The molecule has 10 nitrogen and oxygen atoms in total. The van der Waals surface area contributed by atoms with Crippen LogP contribution in [0.25, 0.3) is 22.5 Å². The highest BCUT2D eigenvalue weighted by Crippen LogP contribution is 2.31. The minimum atomic E-state index is -3.69. The van der Waals surface area contributed by atoms with Crippen LogP contribution in [-0.2, 0) is 20.0 Å². The van der Waals surface area contributed by atoms with Gasteiger partial charge >= 0.3 is 0 Å². The van der Waals surface area contributed by atoms with E-state index in [2.05, 4.69) is 9.97 Å². The summed E-state index contributed by atoms with van der Waals surface area (Å²) in [6.07, 6.45) is 0. The molecule has 0 aliphatic carbocycles. The number of thiazole rings is 2. The molecule has 4 aromatic carbocycles. The Morgan fingerprint density at radius 3 is 1.28 bits per heavy atom. The molecule has 0 atom stereocenters. The third-order valence-corrected chi connectivity index (χ3v) is 14.9. The van der Waals surface area contributed by atoms with Crippen molar-refractivity contribution in [3.63, 3.8) is 0 Å². The molecule has 20 heteroatoms. The largest absolute Gasteiger partial charge is 0.345 e. The summed E-state index contributed by atoms with van der Waals surface area (Å²) >= 11 is 2.69. The van der Waals surface area contributed by atoms with Gasteiger partial charge in [-0.15, -0.1) is 22.7 Å². The Hall–Kier alpha value is -4.86. The fraction of sp³-hybridized carbons (Fsp3) is 0.211. The first kappa shape index (κ1) is 41.3. The van der Waals surface area contributed by atoms with E-state index in [1.165, 1.54) is 73.7 Å². The van der Waals surface area contributed by atoms with E-state index in [0.29, 0.717) is 59.0 Å². The molecule has 58 heavy (non-hydrogen) atoms. The molecule has 8 rings (SSSR count). The first-order valence-electron chi connectivity index (χ1n) is 17.5. The van der Waals surface area contributed by atoms with Crippen LogP contribution < -0.4 is 9.80 Å². The van der Waals surface area contributed by atoms with Gasteiger partial charge in [0.25, 0.3) is 0 Å². The smallest absolute Gasteiger partial charge is 0.243 e. The maximum atomic E-state index is 13.5.